The third kappa shape index (κ3) is 8.27. The molecular weight excluding hydrogens is 450 g/mol. The molecule has 10 heteroatoms. The van der Waals surface area contributed by atoms with Gasteiger partial charge in [-0.05, 0) is 42.7 Å². The largest absolute Gasteiger partial charge is 0.475 e. The van der Waals surface area contributed by atoms with E-state index in [-0.39, 0.29) is 17.9 Å². The summed E-state index contributed by atoms with van der Waals surface area (Å²) in [5, 5.41) is 13.4. The molecule has 0 heterocycles. The number of halogens is 2. The second-order valence-electron chi connectivity index (χ2n) is 7.96. The van der Waals surface area contributed by atoms with Crippen LogP contribution in [0.3, 0.4) is 0 Å². The van der Waals surface area contributed by atoms with Crippen LogP contribution >= 0.6 is 0 Å². The van der Waals surface area contributed by atoms with E-state index in [1.54, 1.807) is 50.2 Å². The lowest BCUT2D eigenvalue weighted by Crippen LogP contribution is -2.53. The molecule has 2 atom stereocenters. The monoisotopic (exact) mass is 476 g/mol. The fraction of sp³-hybridized carbons (Fsp3) is 0.333. The van der Waals surface area contributed by atoms with Gasteiger partial charge in [-0.1, -0.05) is 38.1 Å². The highest BCUT2D eigenvalue weighted by molar-refractivity contribution is 6.35. The minimum absolute atomic E-state index is 0.0903. The molecule has 2 aromatic carbocycles. The van der Waals surface area contributed by atoms with Crippen molar-refractivity contribution in [3.63, 3.8) is 0 Å². The number of hydrogen-bond acceptors (Lipinski definition) is 5. The summed E-state index contributed by atoms with van der Waals surface area (Å²) in [4.78, 5) is 48.2. The zero-order chi connectivity index (χ0) is 25.3. The van der Waals surface area contributed by atoms with Crippen molar-refractivity contribution in [1.29, 1.82) is 0 Å². The Balaban J connectivity index is 2.16. The Hall–Kier alpha value is -3.82. The lowest BCUT2D eigenvalue weighted by Gasteiger charge is -2.23. The molecule has 0 spiro atoms. The van der Waals surface area contributed by atoms with E-state index in [2.05, 4.69) is 5.32 Å². The van der Waals surface area contributed by atoms with Crippen molar-refractivity contribution in [2.24, 2.45) is 5.92 Å². The lowest BCUT2D eigenvalue weighted by atomic mass is 10.0. The number of amides is 2. The normalized spacial score (nSPS) is 12.6. The zero-order valence-electron chi connectivity index (χ0n) is 18.7. The van der Waals surface area contributed by atoms with Crippen LogP contribution in [-0.4, -0.2) is 47.2 Å². The molecular formula is C24H26F2N2O6. The molecule has 8 nitrogen and oxygen atoms in total. The molecule has 0 saturated heterocycles. The number of carbonyl (C=O) groups is 4. The van der Waals surface area contributed by atoms with E-state index in [1.807, 2.05) is 11.4 Å². The van der Waals surface area contributed by atoms with Crippen LogP contribution in [0.5, 0.6) is 11.5 Å². The third-order valence-corrected chi connectivity index (χ3v) is 4.66. The lowest BCUT2D eigenvalue weighted by molar-refractivity contribution is -0.151. The molecule has 182 valence electrons. The summed E-state index contributed by atoms with van der Waals surface area (Å²) in [5.41, 5.74) is 0.181. The summed E-state index contributed by atoms with van der Waals surface area (Å²) >= 11 is 0. The maximum absolute atomic E-state index is 12.8. The molecule has 0 fully saturated rings. The number of carbonyl (C=O) groups excluding carboxylic acids is 3. The van der Waals surface area contributed by atoms with Gasteiger partial charge in [0.05, 0.1) is 0 Å². The smallest absolute Gasteiger partial charge is 0.374 e. The average molecular weight is 476 g/mol. The molecule has 0 aliphatic heterocycles. The van der Waals surface area contributed by atoms with Gasteiger partial charge >= 0.3 is 5.97 Å². The van der Waals surface area contributed by atoms with Crippen molar-refractivity contribution >= 4 is 23.6 Å². The van der Waals surface area contributed by atoms with Crippen molar-refractivity contribution < 1.29 is 37.8 Å². The van der Waals surface area contributed by atoms with Crippen LogP contribution in [0.15, 0.2) is 54.6 Å². The Morgan fingerprint density at radius 2 is 1.53 bits per heavy atom. The summed E-state index contributed by atoms with van der Waals surface area (Å²) in [7, 11) is 0. The predicted molar refractivity (Wildman–Crippen MR) is 119 cm³/mol. The van der Waals surface area contributed by atoms with Gasteiger partial charge in [-0.2, -0.15) is 0 Å². The predicted octanol–water partition coefficient (Wildman–Crippen LogP) is 3.42. The topological polar surface area (TPSA) is 122 Å². The van der Waals surface area contributed by atoms with Crippen molar-refractivity contribution in [3.8, 4) is 11.5 Å². The van der Waals surface area contributed by atoms with E-state index < -0.39 is 48.5 Å². The summed E-state index contributed by atoms with van der Waals surface area (Å²) in [6.07, 6.45) is -4.04. The van der Waals surface area contributed by atoms with E-state index in [0.717, 1.165) is 0 Å². The van der Waals surface area contributed by atoms with Gasteiger partial charge in [0.1, 0.15) is 23.6 Å². The third-order valence-electron chi connectivity index (χ3n) is 4.66. The molecule has 0 bridgehead atoms. The standard InChI is InChI=1S/C24H26F2N2O6/c1-14(2)11-19(23(31)27-18(13-20(25)26)21(29)24(32)33)28-22(30)15-7-6-10-17(12-15)34-16-8-4-3-5-9-16/h3-10,12,14,18-20H,11,13H2,1-2H3,(H,27,31)(H,28,30)(H,32,33)/t18-,19-/m0/s1. The molecule has 2 rings (SSSR count). The number of ketones is 1. The average Bonchev–Trinajstić information content (AvgIpc) is 2.77. The summed E-state index contributed by atoms with van der Waals surface area (Å²) < 4.78 is 31.3. The van der Waals surface area contributed by atoms with Crippen molar-refractivity contribution in [2.75, 3.05) is 0 Å². The Labute approximate surface area is 195 Å². The van der Waals surface area contributed by atoms with Crippen LogP contribution < -0.4 is 15.4 Å². The van der Waals surface area contributed by atoms with Gasteiger partial charge in [0, 0.05) is 12.0 Å². The first kappa shape index (κ1) is 26.4. The number of Topliss-reactive ketones (excluding diaryl/α,β-unsaturated/α-hetero) is 1. The molecule has 0 radical (unpaired) electrons. The minimum atomic E-state index is -3.01. The number of benzene rings is 2. The fourth-order valence-corrected chi connectivity index (χ4v) is 3.10. The van der Waals surface area contributed by atoms with Crippen LogP contribution in [0.4, 0.5) is 8.78 Å². The van der Waals surface area contributed by atoms with Crippen LogP contribution in [0.1, 0.15) is 37.0 Å². The van der Waals surface area contributed by atoms with Gasteiger partial charge in [0.25, 0.3) is 11.7 Å². The number of rotatable bonds is 12. The number of aliphatic carboxylic acids is 1. The van der Waals surface area contributed by atoms with Gasteiger partial charge in [-0.3, -0.25) is 14.4 Å². The first-order chi connectivity index (χ1) is 16.1. The van der Waals surface area contributed by atoms with Crippen LogP contribution in [0, 0.1) is 5.92 Å². The summed E-state index contributed by atoms with van der Waals surface area (Å²) in [6, 6.07) is 12.0. The highest BCUT2D eigenvalue weighted by atomic mass is 19.3. The Bertz CT molecular complexity index is 1010. The summed E-state index contributed by atoms with van der Waals surface area (Å²) in [6.45, 7) is 3.56. The number of ether oxygens (including phenoxy) is 1. The van der Waals surface area contributed by atoms with Crippen molar-refractivity contribution in [1.82, 2.24) is 10.6 Å². The number of nitrogens with one attached hydrogen (secondary N) is 2. The van der Waals surface area contributed by atoms with Crippen LogP contribution in [0.25, 0.3) is 0 Å². The van der Waals surface area contributed by atoms with Crippen molar-refractivity contribution in [2.45, 2.75) is 45.2 Å². The van der Waals surface area contributed by atoms with Crippen LogP contribution in [-0.2, 0) is 14.4 Å². The number of alkyl halides is 2. The van der Waals surface area contributed by atoms with E-state index in [0.29, 0.717) is 11.5 Å². The Kier molecular flexibility index (Phi) is 9.66. The SMILES string of the molecule is CC(C)C[C@H](NC(=O)c1cccc(Oc2ccccc2)c1)C(=O)N[C@@H](CC(F)F)C(=O)C(=O)O. The number of para-hydroxylation sites is 1. The molecule has 0 aliphatic carbocycles. The molecule has 0 aromatic heterocycles. The van der Waals surface area contributed by atoms with E-state index in [1.165, 1.54) is 12.1 Å². The zero-order valence-corrected chi connectivity index (χ0v) is 18.7. The van der Waals surface area contributed by atoms with Crippen molar-refractivity contribution in [3.05, 3.63) is 60.2 Å². The summed E-state index contributed by atoms with van der Waals surface area (Å²) in [5.74, 6) is -4.21. The highest BCUT2D eigenvalue weighted by Crippen LogP contribution is 2.22. The Morgan fingerprint density at radius 3 is 2.12 bits per heavy atom. The second-order valence-corrected chi connectivity index (χ2v) is 7.96. The molecule has 2 aromatic rings. The van der Waals surface area contributed by atoms with Gasteiger partial charge in [-0.15, -0.1) is 0 Å². The van der Waals surface area contributed by atoms with Gasteiger partial charge in [0.15, 0.2) is 0 Å². The van der Waals surface area contributed by atoms with Gasteiger partial charge in [-0.25, -0.2) is 13.6 Å². The maximum Gasteiger partial charge on any atom is 0.374 e. The molecule has 0 aliphatic rings. The quantitative estimate of drug-likeness (QED) is 0.404. The van der Waals surface area contributed by atoms with E-state index >= 15 is 0 Å². The fourth-order valence-electron chi connectivity index (χ4n) is 3.10. The van der Waals surface area contributed by atoms with E-state index in [9.17, 15) is 28.0 Å². The second kappa shape index (κ2) is 12.4. The highest BCUT2D eigenvalue weighted by Gasteiger charge is 2.32. The molecule has 3 N–H and O–H groups in total. The number of hydrogen-bond donors (Lipinski definition) is 3. The number of carboxylic acids is 1. The van der Waals surface area contributed by atoms with E-state index in [4.69, 9.17) is 9.84 Å². The van der Waals surface area contributed by atoms with Crippen LogP contribution in [0.2, 0.25) is 0 Å². The minimum Gasteiger partial charge on any atom is -0.475 e. The number of carboxylic acid groups (broad SMARTS) is 1. The van der Waals surface area contributed by atoms with Gasteiger partial charge < -0.3 is 20.5 Å². The molecule has 2 amide bonds. The molecule has 34 heavy (non-hydrogen) atoms. The molecule has 0 saturated carbocycles. The maximum atomic E-state index is 12.8. The Morgan fingerprint density at radius 1 is 0.882 bits per heavy atom. The first-order valence-electron chi connectivity index (χ1n) is 10.6. The first-order valence-corrected chi connectivity index (χ1v) is 10.6. The van der Waals surface area contributed by atoms with Gasteiger partial charge in [0.2, 0.25) is 12.3 Å². The molecule has 0 unspecified atom stereocenters.